The molecule has 1 fully saturated rings. The SMILES string of the molecule is Cc1ccc(S(=O)(=O)NC(c2cnn(C(C)(C)C)c2-c2cc(F)c(F)cc2F)C2CC2)cn1. The number of hydrogen-bond acceptors (Lipinski definition) is 4. The number of aromatic nitrogens is 3. The second kappa shape index (κ2) is 8.25. The Morgan fingerprint density at radius 3 is 2.30 bits per heavy atom. The van der Waals surface area contributed by atoms with Gasteiger partial charge in [-0.05, 0) is 64.7 Å². The molecule has 1 aliphatic rings. The van der Waals surface area contributed by atoms with Gasteiger partial charge in [0, 0.05) is 29.1 Å². The van der Waals surface area contributed by atoms with Crippen molar-refractivity contribution < 1.29 is 21.6 Å². The Morgan fingerprint density at radius 2 is 1.73 bits per heavy atom. The first-order valence-corrected chi connectivity index (χ1v) is 12.0. The normalized spacial score (nSPS) is 15.6. The van der Waals surface area contributed by atoms with Crippen LogP contribution in [0.15, 0.2) is 41.6 Å². The van der Waals surface area contributed by atoms with E-state index in [1.54, 1.807) is 13.0 Å². The monoisotopic (exact) mass is 478 g/mol. The van der Waals surface area contributed by atoms with Crippen LogP contribution in [0.4, 0.5) is 13.2 Å². The number of aryl methyl sites for hydroxylation is 1. The average Bonchev–Trinajstić information content (AvgIpc) is 3.46. The first-order chi connectivity index (χ1) is 15.4. The Labute approximate surface area is 190 Å². The third kappa shape index (κ3) is 4.67. The average molecular weight is 479 g/mol. The molecule has 0 radical (unpaired) electrons. The quantitative estimate of drug-likeness (QED) is 0.514. The van der Waals surface area contributed by atoms with E-state index in [1.807, 2.05) is 20.8 Å². The summed E-state index contributed by atoms with van der Waals surface area (Å²) in [7, 11) is -3.96. The summed E-state index contributed by atoms with van der Waals surface area (Å²) < 4.78 is 73.1. The summed E-state index contributed by atoms with van der Waals surface area (Å²) in [4.78, 5) is 4.06. The molecule has 2 aromatic heterocycles. The minimum Gasteiger partial charge on any atom is -0.260 e. The highest BCUT2D eigenvalue weighted by atomic mass is 32.2. The van der Waals surface area contributed by atoms with E-state index in [-0.39, 0.29) is 22.1 Å². The first-order valence-electron chi connectivity index (χ1n) is 10.6. The lowest BCUT2D eigenvalue weighted by Crippen LogP contribution is -2.31. The van der Waals surface area contributed by atoms with Crippen LogP contribution >= 0.6 is 0 Å². The van der Waals surface area contributed by atoms with E-state index in [9.17, 15) is 21.6 Å². The van der Waals surface area contributed by atoms with Crippen molar-refractivity contribution in [3.63, 3.8) is 0 Å². The Balaban J connectivity index is 1.86. The highest BCUT2D eigenvalue weighted by molar-refractivity contribution is 7.89. The molecule has 0 saturated heterocycles. The Kier molecular flexibility index (Phi) is 5.86. The molecule has 6 nitrogen and oxygen atoms in total. The molecule has 1 atom stereocenters. The van der Waals surface area contributed by atoms with Crippen LogP contribution < -0.4 is 4.72 Å². The number of rotatable bonds is 6. The highest BCUT2D eigenvalue weighted by Gasteiger charge is 2.39. The van der Waals surface area contributed by atoms with Gasteiger partial charge in [0.25, 0.3) is 0 Å². The van der Waals surface area contributed by atoms with Crippen LogP contribution in [0, 0.1) is 30.3 Å². The number of benzene rings is 1. The number of halogens is 3. The molecule has 2 heterocycles. The van der Waals surface area contributed by atoms with E-state index in [2.05, 4.69) is 14.8 Å². The van der Waals surface area contributed by atoms with Crippen LogP contribution in [0.1, 0.15) is 50.9 Å². The van der Waals surface area contributed by atoms with E-state index in [4.69, 9.17) is 0 Å². The van der Waals surface area contributed by atoms with Crippen molar-refractivity contribution >= 4 is 10.0 Å². The molecule has 3 aromatic rings. The zero-order valence-electron chi connectivity index (χ0n) is 18.7. The molecular weight excluding hydrogens is 453 g/mol. The lowest BCUT2D eigenvalue weighted by molar-refractivity contribution is 0.359. The molecular formula is C23H25F3N4O2S. The number of sulfonamides is 1. The topological polar surface area (TPSA) is 76.9 Å². The zero-order valence-corrected chi connectivity index (χ0v) is 19.5. The summed E-state index contributed by atoms with van der Waals surface area (Å²) in [6, 6.07) is 3.61. The van der Waals surface area contributed by atoms with Crippen LogP contribution in [0.25, 0.3) is 11.3 Å². The predicted octanol–water partition coefficient (Wildman–Crippen LogP) is 4.86. The molecule has 1 aliphatic carbocycles. The molecule has 33 heavy (non-hydrogen) atoms. The second-order valence-corrected chi connectivity index (χ2v) is 11.1. The maximum atomic E-state index is 14.9. The van der Waals surface area contributed by atoms with Crippen molar-refractivity contribution in [2.45, 2.75) is 57.0 Å². The van der Waals surface area contributed by atoms with Gasteiger partial charge in [-0.2, -0.15) is 5.10 Å². The number of hydrogen-bond donors (Lipinski definition) is 1. The smallest absolute Gasteiger partial charge is 0.242 e. The van der Waals surface area contributed by atoms with Gasteiger partial charge in [0.1, 0.15) is 10.7 Å². The number of nitrogens with one attached hydrogen (secondary N) is 1. The lowest BCUT2D eigenvalue weighted by atomic mass is 9.97. The van der Waals surface area contributed by atoms with Crippen LogP contribution in [-0.4, -0.2) is 23.2 Å². The summed E-state index contributed by atoms with van der Waals surface area (Å²) in [6.45, 7) is 7.25. The van der Waals surface area contributed by atoms with Crippen molar-refractivity contribution in [1.82, 2.24) is 19.5 Å². The third-order valence-electron chi connectivity index (χ3n) is 5.60. The summed E-state index contributed by atoms with van der Waals surface area (Å²) in [5, 5.41) is 4.39. The van der Waals surface area contributed by atoms with Crippen molar-refractivity contribution in [2.24, 2.45) is 5.92 Å². The van der Waals surface area contributed by atoms with Crippen molar-refractivity contribution in [3.05, 3.63) is 65.4 Å². The molecule has 1 saturated carbocycles. The number of nitrogens with zero attached hydrogens (tertiary/aromatic N) is 3. The molecule has 1 aromatic carbocycles. The molecule has 0 spiro atoms. The number of pyridine rings is 1. The molecule has 10 heteroatoms. The molecule has 0 aliphatic heterocycles. The van der Waals surface area contributed by atoms with E-state index < -0.39 is 39.1 Å². The molecule has 176 valence electrons. The van der Waals surface area contributed by atoms with Gasteiger partial charge < -0.3 is 0 Å². The first kappa shape index (κ1) is 23.4. The second-order valence-electron chi connectivity index (χ2n) is 9.35. The van der Waals surface area contributed by atoms with Gasteiger partial charge >= 0.3 is 0 Å². The van der Waals surface area contributed by atoms with E-state index >= 15 is 0 Å². The Bertz CT molecular complexity index is 1290. The van der Waals surface area contributed by atoms with Crippen molar-refractivity contribution in [1.29, 1.82) is 0 Å². The summed E-state index contributed by atoms with van der Waals surface area (Å²) in [5.41, 5.74) is 0.466. The summed E-state index contributed by atoms with van der Waals surface area (Å²) in [5.74, 6) is -3.50. The molecule has 0 amide bonds. The minimum absolute atomic E-state index is 0.00233. The van der Waals surface area contributed by atoms with Gasteiger partial charge in [-0.15, -0.1) is 0 Å². The van der Waals surface area contributed by atoms with Crippen LogP contribution in [0.2, 0.25) is 0 Å². The van der Waals surface area contributed by atoms with Gasteiger partial charge in [-0.1, -0.05) is 0 Å². The van der Waals surface area contributed by atoms with Gasteiger partial charge in [0.15, 0.2) is 11.6 Å². The molecule has 4 rings (SSSR count). The van der Waals surface area contributed by atoms with Gasteiger partial charge in [-0.25, -0.2) is 26.3 Å². The standard InChI is InChI=1S/C23H25F3N4O2S/c1-13-5-8-15(11-27-13)33(31,32)29-21(14-6-7-14)17-12-28-30(23(2,3)4)22(17)16-9-19(25)20(26)10-18(16)24/h5,8-12,14,21,29H,6-7H2,1-4H3. The fourth-order valence-electron chi connectivity index (χ4n) is 3.76. The zero-order chi connectivity index (χ0) is 24.1. The van der Waals surface area contributed by atoms with Gasteiger partial charge in [0.05, 0.1) is 23.5 Å². The minimum atomic E-state index is -3.96. The molecule has 1 unspecified atom stereocenters. The predicted molar refractivity (Wildman–Crippen MR) is 117 cm³/mol. The Morgan fingerprint density at radius 1 is 1.06 bits per heavy atom. The van der Waals surface area contributed by atoms with Crippen molar-refractivity contribution in [3.8, 4) is 11.3 Å². The molecule has 0 bridgehead atoms. The molecule has 1 N–H and O–H groups in total. The van der Waals surface area contributed by atoms with E-state index in [1.165, 1.54) is 23.1 Å². The lowest BCUT2D eigenvalue weighted by Gasteiger charge is -2.25. The fraction of sp³-hybridized carbons (Fsp3) is 0.391. The van der Waals surface area contributed by atoms with Crippen LogP contribution in [0.3, 0.4) is 0 Å². The van der Waals surface area contributed by atoms with Crippen molar-refractivity contribution in [2.75, 3.05) is 0 Å². The maximum absolute atomic E-state index is 14.9. The summed E-state index contributed by atoms with van der Waals surface area (Å²) >= 11 is 0. The van der Waals surface area contributed by atoms with E-state index in [0.717, 1.165) is 18.9 Å². The van der Waals surface area contributed by atoms with Crippen LogP contribution in [0.5, 0.6) is 0 Å². The Hall–Kier alpha value is -2.72. The highest BCUT2D eigenvalue weighted by Crippen LogP contribution is 2.45. The van der Waals surface area contributed by atoms with E-state index in [0.29, 0.717) is 17.3 Å². The third-order valence-corrected chi connectivity index (χ3v) is 7.03. The van der Waals surface area contributed by atoms with Gasteiger partial charge in [0.2, 0.25) is 10.0 Å². The fourth-order valence-corrected chi connectivity index (χ4v) is 4.99. The summed E-state index contributed by atoms with van der Waals surface area (Å²) in [6.07, 6.45) is 4.27. The maximum Gasteiger partial charge on any atom is 0.242 e. The van der Waals surface area contributed by atoms with Crippen LogP contribution in [-0.2, 0) is 15.6 Å². The van der Waals surface area contributed by atoms with Gasteiger partial charge in [-0.3, -0.25) is 9.67 Å². The largest absolute Gasteiger partial charge is 0.260 e.